The number of nitrogens with two attached hydrogens (primary N) is 2. The summed E-state index contributed by atoms with van der Waals surface area (Å²) in [5.41, 5.74) is 11.8. The molecule has 0 fully saturated rings. The summed E-state index contributed by atoms with van der Waals surface area (Å²) in [7, 11) is 3.53. The van der Waals surface area contributed by atoms with E-state index < -0.39 is 0 Å². The summed E-state index contributed by atoms with van der Waals surface area (Å²) < 4.78 is 0. The number of aliphatic imine (C=N–C) groups is 2. The zero-order valence-electron chi connectivity index (χ0n) is 9.18. The molecule has 0 aliphatic rings. The van der Waals surface area contributed by atoms with Gasteiger partial charge >= 0.3 is 0 Å². The number of nitrogens with zero attached hydrogens (tertiary/aromatic N) is 3. The summed E-state index contributed by atoms with van der Waals surface area (Å²) in [6.07, 6.45) is 0. The quantitative estimate of drug-likeness (QED) is 0.570. The number of para-hydroxylation sites is 1. The predicted octanol–water partition coefficient (Wildman–Crippen LogP) is 1.16. The second-order valence-corrected chi connectivity index (χ2v) is 3.69. The van der Waals surface area contributed by atoms with Gasteiger partial charge in [-0.1, -0.05) is 23.7 Å². The fourth-order valence-electron chi connectivity index (χ4n) is 0.908. The van der Waals surface area contributed by atoms with Crippen LogP contribution in [0.5, 0.6) is 0 Å². The van der Waals surface area contributed by atoms with Gasteiger partial charge in [-0.05, 0) is 12.1 Å². The van der Waals surface area contributed by atoms with Gasteiger partial charge in [-0.25, -0.2) is 4.99 Å². The van der Waals surface area contributed by atoms with Crippen molar-refractivity contribution in [2.24, 2.45) is 21.5 Å². The summed E-state index contributed by atoms with van der Waals surface area (Å²) in [5.74, 6) is 0.354. The van der Waals surface area contributed by atoms with Crippen molar-refractivity contribution in [1.29, 1.82) is 0 Å². The van der Waals surface area contributed by atoms with Gasteiger partial charge in [-0.2, -0.15) is 4.99 Å². The number of halogens is 1. The third-order valence-corrected chi connectivity index (χ3v) is 2.09. The Labute approximate surface area is 99.4 Å². The third kappa shape index (κ3) is 3.43. The second-order valence-electron chi connectivity index (χ2n) is 3.29. The Morgan fingerprint density at radius 1 is 1.25 bits per heavy atom. The Bertz CT molecular complexity index is 425. The molecule has 0 spiro atoms. The molecule has 0 aromatic heterocycles. The van der Waals surface area contributed by atoms with E-state index >= 15 is 0 Å². The van der Waals surface area contributed by atoms with Gasteiger partial charge < -0.3 is 16.4 Å². The number of guanidine groups is 2. The van der Waals surface area contributed by atoms with Crippen molar-refractivity contribution in [3.63, 3.8) is 0 Å². The molecule has 0 aliphatic carbocycles. The summed E-state index contributed by atoms with van der Waals surface area (Å²) in [6, 6.07) is 7.11. The highest BCUT2D eigenvalue weighted by molar-refractivity contribution is 6.33. The van der Waals surface area contributed by atoms with E-state index in [1.165, 1.54) is 0 Å². The van der Waals surface area contributed by atoms with Crippen LogP contribution < -0.4 is 11.5 Å². The molecule has 0 unspecified atom stereocenters. The maximum atomic E-state index is 5.91. The largest absolute Gasteiger partial charge is 0.369 e. The minimum absolute atomic E-state index is 0.0688. The summed E-state index contributed by atoms with van der Waals surface area (Å²) >= 11 is 5.91. The van der Waals surface area contributed by atoms with Gasteiger partial charge in [0.05, 0.1) is 10.7 Å². The monoisotopic (exact) mass is 239 g/mol. The molecular formula is C10H14ClN5. The van der Waals surface area contributed by atoms with Crippen LogP contribution >= 0.6 is 11.6 Å². The second kappa shape index (κ2) is 5.37. The minimum Gasteiger partial charge on any atom is -0.369 e. The van der Waals surface area contributed by atoms with Gasteiger partial charge in [0.2, 0.25) is 5.96 Å². The van der Waals surface area contributed by atoms with E-state index in [0.29, 0.717) is 10.7 Å². The molecule has 1 rings (SSSR count). The molecule has 4 N–H and O–H groups in total. The highest BCUT2D eigenvalue weighted by atomic mass is 35.5. The van der Waals surface area contributed by atoms with E-state index in [1.807, 2.05) is 12.1 Å². The average Bonchev–Trinajstić information content (AvgIpc) is 2.21. The molecule has 1 aromatic rings. The number of hydrogen-bond donors (Lipinski definition) is 2. The topological polar surface area (TPSA) is 80.0 Å². The molecule has 0 radical (unpaired) electrons. The van der Waals surface area contributed by atoms with E-state index in [9.17, 15) is 0 Å². The van der Waals surface area contributed by atoms with Gasteiger partial charge in [-0.3, -0.25) is 0 Å². The van der Waals surface area contributed by atoms with E-state index in [2.05, 4.69) is 9.98 Å². The maximum absolute atomic E-state index is 5.91. The van der Waals surface area contributed by atoms with Crippen molar-refractivity contribution in [3.8, 4) is 0 Å². The first-order chi connectivity index (χ1) is 7.50. The van der Waals surface area contributed by atoms with E-state index in [-0.39, 0.29) is 11.9 Å². The summed E-state index contributed by atoms with van der Waals surface area (Å²) in [5, 5.41) is 0.518. The Morgan fingerprint density at radius 2 is 1.88 bits per heavy atom. The lowest BCUT2D eigenvalue weighted by Crippen LogP contribution is -2.32. The zero-order valence-corrected chi connectivity index (χ0v) is 9.94. The first kappa shape index (κ1) is 12.3. The van der Waals surface area contributed by atoms with Crippen LogP contribution in [0, 0.1) is 0 Å². The number of benzene rings is 1. The molecule has 16 heavy (non-hydrogen) atoms. The van der Waals surface area contributed by atoms with Crippen LogP contribution in [-0.4, -0.2) is 30.9 Å². The van der Waals surface area contributed by atoms with Crippen LogP contribution in [0.25, 0.3) is 0 Å². The first-order valence-electron chi connectivity index (χ1n) is 4.61. The minimum atomic E-state index is 0.0688. The fraction of sp³-hybridized carbons (Fsp3) is 0.200. The molecule has 0 amide bonds. The Hall–Kier alpha value is -1.75. The van der Waals surface area contributed by atoms with Crippen molar-refractivity contribution in [1.82, 2.24) is 4.90 Å². The normalized spacial score (nSPS) is 12.7. The van der Waals surface area contributed by atoms with Gasteiger partial charge in [0.25, 0.3) is 0 Å². The van der Waals surface area contributed by atoms with Crippen LogP contribution in [0.4, 0.5) is 5.69 Å². The summed E-state index contributed by atoms with van der Waals surface area (Å²) in [6.45, 7) is 0. The Morgan fingerprint density at radius 3 is 2.44 bits per heavy atom. The molecular weight excluding hydrogens is 226 g/mol. The average molecular weight is 240 g/mol. The standard InChI is InChI=1S/C10H14ClN5/c1-16(2)10(13)15-9(12)14-8-6-4-3-5-7(8)11/h3-6H,1-2H3,(H4,12,13,14,15). The van der Waals surface area contributed by atoms with Crippen LogP contribution in [0.3, 0.4) is 0 Å². The Kier molecular flexibility index (Phi) is 4.13. The van der Waals surface area contributed by atoms with Crippen molar-refractivity contribution < 1.29 is 0 Å². The SMILES string of the molecule is CN(C)/C(N)=N/C(N)=Nc1ccccc1Cl. The molecule has 5 nitrogen and oxygen atoms in total. The lowest BCUT2D eigenvalue weighted by atomic mass is 10.3. The van der Waals surface area contributed by atoms with Gasteiger partial charge in [-0.15, -0.1) is 0 Å². The van der Waals surface area contributed by atoms with Crippen LogP contribution in [-0.2, 0) is 0 Å². The molecule has 0 saturated heterocycles. The fourth-order valence-corrected chi connectivity index (χ4v) is 1.09. The van der Waals surface area contributed by atoms with Crippen molar-refractivity contribution in [2.45, 2.75) is 0 Å². The zero-order chi connectivity index (χ0) is 12.1. The lowest BCUT2D eigenvalue weighted by Gasteiger charge is -2.09. The van der Waals surface area contributed by atoms with Gasteiger partial charge in [0, 0.05) is 14.1 Å². The van der Waals surface area contributed by atoms with E-state index in [4.69, 9.17) is 23.1 Å². The third-order valence-electron chi connectivity index (χ3n) is 1.77. The van der Waals surface area contributed by atoms with Crippen LogP contribution in [0.15, 0.2) is 34.3 Å². The van der Waals surface area contributed by atoms with Gasteiger partial charge in [0.1, 0.15) is 0 Å². The van der Waals surface area contributed by atoms with Crippen LogP contribution in [0.2, 0.25) is 5.02 Å². The van der Waals surface area contributed by atoms with Crippen molar-refractivity contribution in [2.75, 3.05) is 14.1 Å². The molecule has 0 aliphatic heterocycles. The maximum Gasteiger partial charge on any atom is 0.223 e. The van der Waals surface area contributed by atoms with Crippen molar-refractivity contribution >= 4 is 29.2 Å². The molecule has 0 bridgehead atoms. The van der Waals surface area contributed by atoms with E-state index in [0.717, 1.165) is 0 Å². The highest BCUT2D eigenvalue weighted by Gasteiger charge is 1.99. The molecule has 0 heterocycles. The van der Waals surface area contributed by atoms with Crippen molar-refractivity contribution in [3.05, 3.63) is 29.3 Å². The molecule has 1 aromatic carbocycles. The number of hydrogen-bond acceptors (Lipinski definition) is 1. The molecule has 86 valence electrons. The van der Waals surface area contributed by atoms with Crippen LogP contribution in [0.1, 0.15) is 0 Å². The lowest BCUT2D eigenvalue weighted by molar-refractivity contribution is 0.615. The predicted molar refractivity (Wildman–Crippen MR) is 68.0 cm³/mol. The Balaban J connectivity index is 2.94. The molecule has 0 atom stereocenters. The highest BCUT2D eigenvalue weighted by Crippen LogP contribution is 2.23. The first-order valence-corrected chi connectivity index (χ1v) is 4.98. The van der Waals surface area contributed by atoms with Gasteiger partial charge in [0.15, 0.2) is 5.96 Å². The summed E-state index contributed by atoms with van der Waals surface area (Å²) in [4.78, 5) is 9.59. The molecule has 0 saturated carbocycles. The smallest absolute Gasteiger partial charge is 0.223 e. The number of rotatable bonds is 1. The van der Waals surface area contributed by atoms with E-state index in [1.54, 1.807) is 31.1 Å². The molecule has 6 heteroatoms.